The molecule has 0 aliphatic carbocycles. The topological polar surface area (TPSA) is 23.8 Å². The molecular weight excluding hydrogens is 308 g/mol. The monoisotopic (exact) mass is 332 g/mol. The molecule has 3 rings (SSSR count). The molecular formula is C21H24N4. The molecule has 0 N–H and O–H groups in total. The molecule has 0 aliphatic heterocycles. The van der Waals surface area contributed by atoms with Crippen LogP contribution < -0.4 is 9.80 Å². The average Bonchev–Trinajstić information content (AvgIpc) is 3.09. The van der Waals surface area contributed by atoms with Crippen LogP contribution in [0.4, 0.5) is 17.1 Å². The quantitative estimate of drug-likeness (QED) is 0.648. The van der Waals surface area contributed by atoms with Gasteiger partial charge in [-0.15, -0.1) is 0 Å². The van der Waals surface area contributed by atoms with Gasteiger partial charge in [0, 0.05) is 51.4 Å². The van der Waals surface area contributed by atoms with E-state index in [2.05, 4.69) is 68.0 Å². The smallest absolute Gasteiger partial charge is 0.0639 e. The van der Waals surface area contributed by atoms with Crippen molar-refractivity contribution < 1.29 is 0 Å². The second-order valence-corrected chi connectivity index (χ2v) is 6.38. The summed E-state index contributed by atoms with van der Waals surface area (Å²) in [6, 6.07) is 20.8. The highest BCUT2D eigenvalue weighted by Crippen LogP contribution is 2.20. The van der Waals surface area contributed by atoms with Crippen LogP contribution in [0.1, 0.15) is 5.69 Å². The van der Waals surface area contributed by atoms with Crippen LogP contribution in [0.15, 0.2) is 71.9 Å². The molecule has 0 fully saturated rings. The van der Waals surface area contributed by atoms with E-state index in [1.165, 1.54) is 11.4 Å². The summed E-state index contributed by atoms with van der Waals surface area (Å²) in [5.41, 5.74) is 5.48. The molecule has 4 nitrogen and oxygen atoms in total. The number of aliphatic imine (C=N–C) groups is 1. The molecule has 3 aromatic rings. The molecule has 128 valence electrons. The van der Waals surface area contributed by atoms with Crippen molar-refractivity contribution in [1.29, 1.82) is 0 Å². The summed E-state index contributed by atoms with van der Waals surface area (Å²) in [4.78, 5) is 8.78. The highest BCUT2D eigenvalue weighted by atomic mass is 15.1. The van der Waals surface area contributed by atoms with Gasteiger partial charge < -0.3 is 14.4 Å². The molecule has 0 aliphatic rings. The average molecular weight is 332 g/mol. The minimum Gasteiger partial charge on any atom is -0.378 e. The first kappa shape index (κ1) is 16.8. The van der Waals surface area contributed by atoms with E-state index in [-0.39, 0.29) is 0 Å². The number of hydrogen-bond acceptors (Lipinski definition) is 3. The number of nitrogens with zero attached hydrogens (tertiary/aromatic N) is 4. The van der Waals surface area contributed by atoms with E-state index in [0.29, 0.717) is 0 Å². The molecule has 0 bridgehead atoms. The Bertz CT molecular complexity index is 840. The van der Waals surface area contributed by atoms with Gasteiger partial charge in [0.05, 0.1) is 17.6 Å². The molecule has 2 aromatic carbocycles. The normalized spacial score (nSPS) is 11.0. The predicted octanol–water partition coefficient (Wildman–Crippen LogP) is 4.36. The Morgan fingerprint density at radius 2 is 1.32 bits per heavy atom. The first-order valence-electron chi connectivity index (χ1n) is 8.31. The molecule has 0 unspecified atom stereocenters. The first-order chi connectivity index (χ1) is 12.0. The molecule has 0 amide bonds. The third-order valence-electron chi connectivity index (χ3n) is 4.14. The zero-order valence-corrected chi connectivity index (χ0v) is 15.2. The molecule has 1 aromatic heterocycles. The van der Waals surface area contributed by atoms with Gasteiger partial charge in [-0.1, -0.05) is 0 Å². The summed E-state index contributed by atoms with van der Waals surface area (Å²) in [6.45, 7) is 0. The zero-order chi connectivity index (χ0) is 17.8. The lowest BCUT2D eigenvalue weighted by molar-refractivity contribution is 1.06. The standard InChI is InChI=1S/C21H24N4/c1-23(2)18-9-7-17(8-10-18)22-16-21-6-5-15-25(21)20-13-11-19(12-14-20)24(3)4/h5-16H,1-4H3. The first-order valence-corrected chi connectivity index (χ1v) is 8.31. The fraction of sp³-hybridized carbons (Fsp3) is 0.190. The molecule has 0 atom stereocenters. The number of aromatic nitrogens is 1. The Kier molecular flexibility index (Phi) is 4.89. The molecule has 0 saturated carbocycles. The van der Waals surface area contributed by atoms with E-state index >= 15 is 0 Å². The highest BCUT2D eigenvalue weighted by molar-refractivity contribution is 5.81. The predicted molar refractivity (Wildman–Crippen MR) is 108 cm³/mol. The van der Waals surface area contributed by atoms with Gasteiger partial charge in [0.1, 0.15) is 0 Å². The Balaban J connectivity index is 1.81. The van der Waals surface area contributed by atoms with Crippen LogP contribution in [-0.4, -0.2) is 39.0 Å². The lowest BCUT2D eigenvalue weighted by Gasteiger charge is -2.13. The van der Waals surface area contributed by atoms with Crippen LogP contribution >= 0.6 is 0 Å². The summed E-state index contributed by atoms with van der Waals surface area (Å²) in [5, 5.41) is 0. The van der Waals surface area contributed by atoms with Gasteiger partial charge >= 0.3 is 0 Å². The molecule has 0 saturated heterocycles. The maximum absolute atomic E-state index is 4.61. The molecule has 0 spiro atoms. The summed E-state index contributed by atoms with van der Waals surface area (Å²) in [7, 11) is 8.16. The number of rotatable bonds is 5. The second-order valence-electron chi connectivity index (χ2n) is 6.38. The van der Waals surface area contributed by atoms with Gasteiger partial charge in [-0.25, -0.2) is 0 Å². The van der Waals surface area contributed by atoms with Crippen LogP contribution in [0.25, 0.3) is 5.69 Å². The van der Waals surface area contributed by atoms with Crippen molar-refractivity contribution in [2.75, 3.05) is 38.0 Å². The van der Waals surface area contributed by atoms with E-state index in [9.17, 15) is 0 Å². The third-order valence-corrected chi connectivity index (χ3v) is 4.14. The molecule has 25 heavy (non-hydrogen) atoms. The Labute approximate surface area is 149 Å². The lowest BCUT2D eigenvalue weighted by atomic mass is 10.2. The van der Waals surface area contributed by atoms with Gasteiger partial charge in [-0.2, -0.15) is 0 Å². The van der Waals surface area contributed by atoms with Crippen LogP contribution in [0.5, 0.6) is 0 Å². The lowest BCUT2D eigenvalue weighted by Crippen LogP contribution is -2.08. The Hall–Kier alpha value is -3.01. The van der Waals surface area contributed by atoms with Crippen LogP contribution in [-0.2, 0) is 0 Å². The van der Waals surface area contributed by atoms with Gasteiger partial charge in [-0.3, -0.25) is 4.99 Å². The minimum absolute atomic E-state index is 0.946. The number of anilines is 2. The fourth-order valence-corrected chi connectivity index (χ4v) is 2.62. The van der Waals surface area contributed by atoms with Gasteiger partial charge in [-0.05, 0) is 60.7 Å². The molecule has 0 radical (unpaired) electrons. The van der Waals surface area contributed by atoms with Crippen molar-refractivity contribution in [2.45, 2.75) is 0 Å². The maximum Gasteiger partial charge on any atom is 0.0639 e. The van der Waals surface area contributed by atoms with Gasteiger partial charge in [0.25, 0.3) is 0 Å². The van der Waals surface area contributed by atoms with Crippen molar-refractivity contribution in [3.05, 3.63) is 72.6 Å². The highest BCUT2D eigenvalue weighted by Gasteiger charge is 2.02. The number of hydrogen-bond donors (Lipinski definition) is 0. The fourth-order valence-electron chi connectivity index (χ4n) is 2.62. The van der Waals surface area contributed by atoms with Crippen molar-refractivity contribution in [2.24, 2.45) is 4.99 Å². The Morgan fingerprint density at radius 1 is 0.760 bits per heavy atom. The Morgan fingerprint density at radius 3 is 1.88 bits per heavy atom. The van der Waals surface area contributed by atoms with Gasteiger partial charge in [0.2, 0.25) is 0 Å². The van der Waals surface area contributed by atoms with E-state index in [4.69, 9.17) is 0 Å². The summed E-state index contributed by atoms with van der Waals surface area (Å²) in [5.74, 6) is 0. The third kappa shape index (κ3) is 3.91. The van der Waals surface area contributed by atoms with E-state index in [1.54, 1.807) is 0 Å². The van der Waals surface area contributed by atoms with Gasteiger partial charge in [0.15, 0.2) is 0 Å². The van der Waals surface area contributed by atoms with Crippen LogP contribution in [0, 0.1) is 0 Å². The summed E-state index contributed by atoms with van der Waals surface area (Å²) in [6.07, 6.45) is 3.96. The summed E-state index contributed by atoms with van der Waals surface area (Å²) < 4.78 is 2.14. The second kappa shape index (κ2) is 7.26. The number of benzene rings is 2. The van der Waals surface area contributed by atoms with Crippen molar-refractivity contribution in [1.82, 2.24) is 4.57 Å². The van der Waals surface area contributed by atoms with E-state index < -0.39 is 0 Å². The zero-order valence-electron chi connectivity index (χ0n) is 15.2. The minimum atomic E-state index is 0.946. The van der Waals surface area contributed by atoms with Crippen molar-refractivity contribution in [3.63, 3.8) is 0 Å². The van der Waals surface area contributed by atoms with Crippen LogP contribution in [0.2, 0.25) is 0 Å². The van der Waals surface area contributed by atoms with Crippen molar-refractivity contribution >= 4 is 23.3 Å². The maximum atomic E-state index is 4.61. The molecule has 1 heterocycles. The SMILES string of the molecule is CN(C)c1ccc(N=Cc2cccn2-c2ccc(N(C)C)cc2)cc1. The van der Waals surface area contributed by atoms with E-state index in [0.717, 1.165) is 17.1 Å². The van der Waals surface area contributed by atoms with E-state index in [1.807, 2.05) is 52.6 Å². The molecule has 4 heteroatoms. The van der Waals surface area contributed by atoms with Crippen LogP contribution in [0.3, 0.4) is 0 Å². The largest absolute Gasteiger partial charge is 0.378 e. The van der Waals surface area contributed by atoms with Crippen molar-refractivity contribution in [3.8, 4) is 5.69 Å². The summed E-state index contributed by atoms with van der Waals surface area (Å²) >= 11 is 0.